The molecule has 2 heterocycles. The number of fused-ring (bicyclic) bond motifs is 1. The van der Waals surface area contributed by atoms with Crippen LogP contribution in [0.3, 0.4) is 0 Å². The van der Waals surface area contributed by atoms with Gasteiger partial charge in [-0.3, -0.25) is 0 Å². The monoisotopic (exact) mass is 393 g/mol. The van der Waals surface area contributed by atoms with Crippen LogP contribution in [0.5, 0.6) is 0 Å². The third-order valence-corrected chi connectivity index (χ3v) is 4.30. The minimum atomic E-state index is -0.103. The van der Waals surface area contributed by atoms with Crippen molar-refractivity contribution < 1.29 is 4.42 Å². The molecule has 0 amide bonds. The lowest BCUT2D eigenvalue weighted by molar-refractivity contribution is 0.560. The Balaban J connectivity index is 2.20. The van der Waals surface area contributed by atoms with Crippen molar-refractivity contribution in [2.24, 2.45) is 0 Å². The van der Waals surface area contributed by atoms with E-state index in [2.05, 4.69) is 53.3 Å². The first-order valence-corrected chi connectivity index (χ1v) is 7.76. The highest BCUT2D eigenvalue weighted by Gasteiger charge is 2.23. The van der Waals surface area contributed by atoms with Crippen molar-refractivity contribution in [1.82, 2.24) is 9.97 Å². The standard InChI is InChI=1S/C16H16IN3O/c1-16(2,3)13-12(17)14(18)20-15(19-13)11-8-9-6-4-5-7-10(9)21-11/h4-8H,1-3H3,(H2,18,19,20). The number of aromatic nitrogens is 2. The number of nitrogens with zero attached hydrogens (tertiary/aromatic N) is 2. The number of para-hydroxylation sites is 1. The Hall–Kier alpha value is -1.63. The van der Waals surface area contributed by atoms with E-state index in [0.29, 0.717) is 17.4 Å². The van der Waals surface area contributed by atoms with Crippen LogP contribution in [0.4, 0.5) is 5.82 Å². The molecular weight excluding hydrogens is 377 g/mol. The third kappa shape index (κ3) is 2.62. The molecule has 0 saturated carbocycles. The van der Waals surface area contributed by atoms with Gasteiger partial charge >= 0.3 is 0 Å². The first-order chi connectivity index (χ1) is 9.86. The van der Waals surface area contributed by atoms with Crippen molar-refractivity contribution >= 4 is 39.4 Å². The van der Waals surface area contributed by atoms with Gasteiger partial charge in [-0.1, -0.05) is 39.0 Å². The number of hydrogen-bond donors (Lipinski definition) is 1. The fourth-order valence-electron chi connectivity index (χ4n) is 2.16. The van der Waals surface area contributed by atoms with Gasteiger partial charge in [-0.15, -0.1) is 0 Å². The topological polar surface area (TPSA) is 64.9 Å². The first-order valence-electron chi connectivity index (χ1n) is 6.69. The van der Waals surface area contributed by atoms with Crippen LogP contribution in [0.1, 0.15) is 26.5 Å². The summed E-state index contributed by atoms with van der Waals surface area (Å²) in [5.74, 6) is 1.67. The SMILES string of the molecule is CC(C)(C)c1nc(-c2cc3ccccc3o2)nc(N)c1I. The fraction of sp³-hybridized carbons (Fsp3) is 0.250. The molecule has 0 atom stereocenters. The lowest BCUT2D eigenvalue weighted by Gasteiger charge is -2.20. The molecule has 0 saturated heterocycles. The average Bonchev–Trinajstić information content (AvgIpc) is 2.84. The van der Waals surface area contributed by atoms with Gasteiger partial charge in [-0.2, -0.15) is 0 Å². The molecule has 4 nitrogen and oxygen atoms in total. The minimum Gasteiger partial charge on any atom is -0.453 e. The van der Waals surface area contributed by atoms with E-state index in [1.807, 2.05) is 30.3 Å². The molecule has 0 bridgehead atoms. The van der Waals surface area contributed by atoms with Crippen LogP contribution in [-0.4, -0.2) is 9.97 Å². The second kappa shape index (κ2) is 4.98. The number of halogens is 1. The molecule has 0 unspecified atom stereocenters. The average molecular weight is 393 g/mol. The first kappa shape index (κ1) is 14.3. The van der Waals surface area contributed by atoms with E-state index in [9.17, 15) is 0 Å². The molecule has 21 heavy (non-hydrogen) atoms. The van der Waals surface area contributed by atoms with Gasteiger partial charge in [-0.25, -0.2) is 9.97 Å². The number of nitrogen functional groups attached to an aromatic ring is 1. The molecule has 108 valence electrons. The quantitative estimate of drug-likeness (QED) is 0.624. The number of anilines is 1. The summed E-state index contributed by atoms with van der Waals surface area (Å²) < 4.78 is 6.74. The molecule has 2 N–H and O–H groups in total. The molecule has 0 aliphatic rings. The highest BCUT2D eigenvalue weighted by atomic mass is 127. The van der Waals surface area contributed by atoms with Gasteiger partial charge in [-0.05, 0) is 34.7 Å². The largest absolute Gasteiger partial charge is 0.453 e. The Morgan fingerprint density at radius 3 is 2.52 bits per heavy atom. The van der Waals surface area contributed by atoms with E-state index in [0.717, 1.165) is 20.2 Å². The molecule has 5 heteroatoms. The summed E-state index contributed by atoms with van der Waals surface area (Å²) in [6.07, 6.45) is 0. The van der Waals surface area contributed by atoms with Crippen molar-refractivity contribution in [3.05, 3.63) is 39.6 Å². The van der Waals surface area contributed by atoms with E-state index in [4.69, 9.17) is 10.2 Å². The van der Waals surface area contributed by atoms with Crippen LogP contribution >= 0.6 is 22.6 Å². The van der Waals surface area contributed by atoms with Gasteiger partial charge in [0.05, 0.1) is 9.26 Å². The normalized spacial score (nSPS) is 12.0. The zero-order chi connectivity index (χ0) is 15.2. The molecule has 3 rings (SSSR count). The van der Waals surface area contributed by atoms with Crippen LogP contribution in [-0.2, 0) is 5.41 Å². The van der Waals surface area contributed by atoms with Crippen LogP contribution in [0.25, 0.3) is 22.6 Å². The van der Waals surface area contributed by atoms with Crippen molar-refractivity contribution in [2.75, 3.05) is 5.73 Å². The summed E-state index contributed by atoms with van der Waals surface area (Å²) >= 11 is 2.20. The Bertz CT molecular complexity index is 785. The Morgan fingerprint density at radius 2 is 1.86 bits per heavy atom. The Kier molecular flexibility index (Phi) is 3.39. The zero-order valence-corrected chi connectivity index (χ0v) is 14.3. The minimum absolute atomic E-state index is 0.103. The van der Waals surface area contributed by atoms with Gasteiger partial charge in [0.25, 0.3) is 0 Å². The number of rotatable bonds is 1. The van der Waals surface area contributed by atoms with E-state index in [1.165, 1.54) is 0 Å². The number of nitrogens with two attached hydrogens (primary N) is 1. The molecular formula is C16H16IN3O. The molecule has 3 aromatic rings. The summed E-state index contributed by atoms with van der Waals surface area (Å²) in [5.41, 5.74) is 7.71. The smallest absolute Gasteiger partial charge is 0.197 e. The maximum Gasteiger partial charge on any atom is 0.197 e. The molecule has 0 radical (unpaired) electrons. The van der Waals surface area contributed by atoms with E-state index in [1.54, 1.807) is 0 Å². The Morgan fingerprint density at radius 1 is 1.14 bits per heavy atom. The number of furan rings is 1. The molecule has 0 aliphatic carbocycles. The van der Waals surface area contributed by atoms with Crippen LogP contribution in [0.2, 0.25) is 0 Å². The maximum absolute atomic E-state index is 6.05. The lowest BCUT2D eigenvalue weighted by Crippen LogP contribution is -2.18. The van der Waals surface area contributed by atoms with Gasteiger partial charge < -0.3 is 10.2 Å². The predicted molar refractivity (Wildman–Crippen MR) is 93.1 cm³/mol. The highest BCUT2D eigenvalue weighted by molar-refractivity contribution is 14.1. The number of hydrogen-bond acceptors (Lipinski definition) is 4. The lowest BCUT2D eigenvalue weighted by atomic mass is 9.92. The summed E-state index contributed by atoms with van der Waals surface area (Å²) in [7, 11) is 0. The van der Waals surface area contributed by atoms with Gasteiger partial charge in [0.2, 0.25) is 0 Å². The van der Waals surface area contributed by atoms with Crippen LogP contribution in [0.15, 0.2) is 34.7 Å². The fourth-order valence-corrected chi connectivity index (χ4v) is 3.21. The Labute approximate surface area is 136 Å². The summed E-state index contributed by atoms with van der Waals surface area (Å²) in [6.45, 7) is 6.33. The molecule has 0 spiro atoms. The third-order valence-electron chi connectivity index (χ3n) is 3.23. The molecule has 2 aromatic heterocycles. The predicted octanol–water partition coefficient (Wildman–Crippen LogP) is 4.37. The van der Waals surface area contributed by atoms with Crippen molar-refractivity contribution in [1.29, 1.82) is 0 Å². The van der Waals surface area contributed by atoms with E-state index < -0.39 is 0 Å². The second-order valence-electron chi connectivity index (χ2n) is 5.99. The summed E-state index contributed by atoms with van der Waals surface area (Å²) in [6, 6.07) is 9.80. The molecule has 0 fully saturated rings. The molecule has 0 aliphatic heterocycles. The maximum atomic E-state index is 6.05. The number of benzene rings is 1. The second-order valence-corrected chi connectivity index (χ2v) is 7.07. The van der Waals surface area contributed by atoms with Gasteiger partial charge in [0.15, 0.2) is 11.6 Å². The van der Waals surface area contributed by atoms with Crippen LogP contribution in [0, 0.1) is 3.57 Å². The van der Waals surface area contributed by atoms with Gasteiger partial charge in [0.1, 0.15) is 11.4 Å². The van der Waals surface area contributed by atoms with Gasteiger partial charge in [0, 0.05) is 10.8 Å². The van der Waals surface area contributed by atoms with E-state index in [-0.39, 0.29) is 5.41 Å². The zero-order valence-electron chi connectivity index (χ0n) is 12.1. The van der Waals surface area contributed by atoms with Crippen molar-refractivity contribution in [2.45, 2.75) is 26.2 Å². The summed E-state index contributed by atoms with van der Waals surface area (Å²) in [5, 5.41) is 1.03. The summed E-state index contributed by atoms with van der Waals surface area (Å²) in [4.78, 5) is 9.06. The van der Waals surface area contributed by atoms with Crippen molar-refractivity contribution in [3.63, 3.8) is 0 Å². The van der Waals surface area contributed by atoms with E-state index >= 15 is 0 Å². The highest BCUT2D eigenvalue weighted by Crippen LogP contribution is 2.32. The van der Waals surface area contributed by atoms with Crippen LogP contribution < -0.4 is 5.73 Å². The molecule has 1 aromatic carbocycles. The van der Waals surface area contributed by atoms with Crippen molar-refractivity contribution in [3.8, 4) is 11.6 Å².